The quantitative estimate of drug-likeness (QED) is 0.830. The maximum atomic E-state index is 12.5. The number of nitrogens with one attached hydrogen (secondary N) is 1. The summed E-state index contributed by atoms with van der Waals surface area (Å²) in [5, 5.41) is 5.59. The van der Waals surface area contributed by atoms with Gasteiger partial charge >= 0.3 is 6.03 Å². The molecule has 1 N–H and O–H groups in total. The molecule has 1 aliphatic rings. The molecule has 3 rings (SSSR count). The maximum absolute atomic E-state index is 12.5. The van der Waals surface area contributed by atoms with Crippen molar-refractivity contribution in [3.63, 3.8) is 0 Å². The summed E-state index contributed by atoms with van der Waals surface area (Å²) in [6.07, 6.45) is 2.31. The molecule has 1 saturated heterocycles. The standard InChI is InChI=1S/C23H31N3O2/c1-3-25(4-2)23(28)26-16-13-20(14-17-26)22(27)24-15-12-19-10-7-9-18-8-5-6-11-21(18)19/h5-11,20H,3-4,12-17H2,1-2H3,(H,24,27). The molecule has 0 bridgehead atoms. The van der Waals surface area contributed by atoms with E-state index in [2.05, 4.69) is 41.7 Å². The second-order valence-corrected chi connectivity index (χ2v) is 7.40. The van der Waals surface area contributed by atoms with Crippen molar-refractivity contribution in [1.29, 1.82) is 0 Å². The van der Waals surface area contributed by atoms with E-state index in [4.69, 9.17) is 0 Å². The molecule has 28 heavy (non-hydrogen) atoms. The number of carbonyl (C=O) groups excluding carboxylic acids is 2. The van der Waals surface area contributed by atoms with E-state index < -0.39 is 0 Å². The van der Waals surface area contributed by atoms with Crippen molar-refractivity contribution in [2.45, 2.75) is 33.1 Å². The molecule has 0 radical (unpaired) electrons. The van der Waals surface area contributed by atoms with Crippen LogP contribution in [0.2, 0.25) is 0 Å². The third-order valence-electron chi connectivity index (χ3n) is 5.74. The highest BCUT2D eigenvalue weighted by molar-refractivity contribution is 5.85. The third-order valence-corrected chi connectivity index (χ3v) is 5.74. The van der Waals surface area contributed by atoms with Crippen molar-refractivity contribution in [3.05, 3.63) is 48.0 Å². The van der Waals surface area contributed by atoms with Crippen LogP contribution < -0.4 is 5.32 Å². The molecule has 2 aromatic carbocycles. The molecular formula is C23H31N3O2. The van der Waals surface area contributed by atoms with Gasteiger partial charge in [-0.15, -0.1) is 0 Å². The summed E-state index contributed by atoms with van der Waals surface area (Å²) < 4.78 is 0. The Balaban J connectivity index is 1.47. The summed E-state index contributed by atoms with van der Waals surface area (Å²) in [5.41, 5.74) is 1.26. The van der Waals surface area contributed by atoms with Crippen molar-refractivity contribution in [2.75, 3.05) is 32.7 Å². The first kappa shape index (κ1) is 20.2. The normalized spacial score (nSPS) is 14.9. The van der Waals surface area contributed by atoms with Gasteiger partial charge in [-0.25, -0.2) is 4.79 Å². The van der Waals surface area contributed by atoms with Gasteiger partial charge in [0.25, 0.3) is 0 Å². The Morgan fingerprint density at radius 1 is 1.04 bits per heavy atom. The first-order chi connectivity index (χ1) is 13.6. The van der Waals surface area contributed by atoms with Crippen LogP contribution >= 0.6 is 0 Å². The Hall–Kier alpha value is -2.56. The minimum Gasteiger partial charge on any atom is -0.356 e. The van der Waals surface area contributed by atoms with E-state index in [0.29, 0.717) is 19.6 Å². The molecule has 0 saturated carbocycles. The lowest BCUT2D eigenvalue weighted by Gasteiger charge is -2.34. The van der Waals surface area contributed by atoms with Crippen LogP contribution in [-0.2, 0) is 11.2 Å². The Morgan fingerprint density at radius 2 is 1.71 bits per heavy atom. The van der Waals surface area contributed by atoms with Gasteiger partial charge in [0.2, 0.25) is 5.91 Å². The molecule has 1 fully saturated rings. The number of nitrogens with zero attached hydrogens (tertiary/aromatic N) is 2. The third kappa shape index (κ3) is 4.64. The lowest BCUT2D eigenvalue weighted by Crippen LogP contribution is -2.48. The van der Waals surface area contributed by atoms with Gasteiger partial charge in [0, 0.05) is 38.6 Å². The Labute approximate surface area is 167 Å². The summed E-state index contributed by atoms with van der Waals surface area (Å²) in [6, 6.07) is 14.8. The summed E-state index contributed by atoms with van der Waals surface area (Å²) in [6.45, 7) is 7.42. The predicted molar refractivity (Wildman–Crippen MR) is 113 cm³/mol. The zero-order valence-electron chi connectivity index (χ0n) is 17.0. The topological polar surface area (TPSA) is 52.7 Å². The summed E-state index contributed by atoms with van der Waals surface area (Å²) in [7, 11) is 0. The van der Waals surface area contributed by atoms with Crippen LogP contribution in [0.15, 0.2) is 42.5 Å². The lowest BCUT2D eigenvalue weighted by atomic mass is 9.96. The largest absolute Gasteiger partial charge is 0.356 e. The van der Waals surface area contributed by atoms with Crippen molar-refractivity contribution < 1.29 is 9.59 Å². The van der Waals surface area contributed by atoms with Gasteiger partial charge in [-0.05, 0) is 49.4 Å². The molecule has 5 heteroatoms. The molecule has 0 unspecified atom stereocenters. The van der Waals surface area contributed by atoms with E-state index in [0.717, 1.165) is 32.4 Å². The molecule has 1 heterocycles. The highest BCUT2D eigenvalue weighted by atomic mass is 16.2. The van der Waals surface area contributed by atoms with E-state index in [1.807, 2.05) is 29.7 Å². The fourth-order valence-electron chi connectivity index (χ4n) is 4.00. The zero-order valence-corrected chi connectivity index (χ0v) is 17.0. The van der Waals surface area contributed by atoms with Crippen molar-refractivity contribution in [3.8, 4) is 0 Å². The molecule has 3 amide bonds. The number of fused-ring (bicyclic) bond motifs is 1. The smallest absolute Gasteiger partial charge is 0.319 e. The van der Waals surface area contributed by atoms with Gasteiger partial charge < -0.3 is 15.1 Å². The number of likely N-dealkylation sites (tertiary alicyclic amines) is 1. The number of benzene rings is 2. The predicted octanol–water partition coefficient (Wildman–Crippen LogP) is 3.67. The monoisotopic (exact) mass is 381 g/mol. The minimum atomic E-state index is 0.00766. The average molecular weight is 382 g/mol. The lowest BCUT2D eigenvalue weighted by molar-refractivity contribution is -0.126. The second-order valence-electron chi connectivity index (χ2n) is 7.40. The Kier molecular flexibility index (Phi) is 6.90. The number of amides is 3. The number of piperidine rings is 1. The Bertz CT molecular complexity index is 803. The van der Waals surface area contributed by atoms with E-state index >= 15 is 0 Å². The van der Waals surface area contributed by atoms with Gasteiger partial charge in [-0.1, -0.05) is 42.5 Å². The zero-order chi connectivity index (χ0) is 19.9. The number of carbonyl (C=O) groups is 2. The maximum Gasteiger partial charge on any atom is 0.319 e. The van der Waals surface area contributed by atoms with Crippen LogP contribution in [0.4, 0.5) is 4.79 Å². The van der Waals surface area contributed by atoms with Crippen molar-refractivity contribution in [1.82, 2.24) is 15.1 Å². The number of rotatable bonds is 6. The minimum absolute atomic E-state index is 0.00766. The van der Waals surface area contributed by atoms with Gasteiger partial charge in [0.15, 0.2) is 0 Å². The van der Waals surface area contributed by atoms with E-state index in [1.54, 1.807) is 0 Å². The molecule has 0 atom stereocenters. The van der Waals surface area contributed by atoms with E-state index in [-0.39, 0.29) is 17.9 Å². The van der Waals surface area contributed by atoms with Crippen molar-refractivity contribution >= 4 is 22.7 Å². The van der Waals surface area contributed by atoms with Crippen LogP contribution in [0.5, 0.6) is 0 Å². The molecule has 0 spiro atoms. The molecule has 0 aromatic heterocycles. The SMILES string of the molecule is CCN(CC)C(=O)N1CCC(C(=O)NCCc2cccc3ccccc23)CC1. The van der Waals surface area contributed by atoms with Gasteiger partial charge in [0.1, 0.15) is 0 Å². The summed E-state index contributed by atoms with van der Waals surface area (Å²) >= 11 is 0. The van der Waals surface area contributed by atoms with E-state index in [9.17, 15) is 9.59 Å². The van der Waals surface area contributed by atoms with Gasteiger partial charge in [-0.3, -0.25) is 4.79 Å². The number of urea groups is 1. The first-order valence-electron chi connectivity index (χ1n) is 10.4. The average Bonchev–Trinajstić information content (AvgIpc) is 2.74. The Morgan fingerprint density at radius 3 is 2.43 bits per heavy atom. The first-order valence-corrected chi connectivity index (χ1v) is 10.4. The van der Waals surface area contributed by atoms with Crippen LogP contribution in [-0.4, -0.2) is 54.5 Å². The molecule has 2 aromatic rings. The van der Waals surface area contributed by atoms with Crippen LogP contribution in [0.25, 0.3) is 10.8 Å². The molecule has 0 aliphatic carbocycles. The van der Waals surface area contributed by atoms with Crippen molar-refractivity contribution in [2.24, 2.45) is 5.92 Å². The molecule has 5 nitrogen and oxygen atoms in total. The molecule has 1 aliphatic heterocycles. The number of hydrogen-bond acceptors (Lipinski definition) is 2. The molecule has 150 valence electrons. The van der Waals surface area contributed by atoms with Crippen LogP contribution in [0.1, 0.15) is 32.3 Å². The second kappa shape index (κ2) is 9.58. The van der Waals surface area contributed by atoms with Crippen LogP contribution in [0.3, 0.4) is 0 Å². The number of hydrogen-bond donors (Lipinski definition) is 1. The summed E-state index contributed by atoms with van der Waals surface area (Å²) in [5.74, 6) is 0.128. The fourth-order valence-corrected chi connectivity index (χ4v) is 4.00. The van der Waals surface area contributed by atoms with Gasteiger partial charge in [-0.2, -0.15) is 0 Å². The highest BCUT2D eigenvalue weighted by Gasteiger charge is 2.28. The van der Waals surface area contributed by atoms with Gasteiger partial charge in [0.05, 0.1) is 0 Å². The van der Waals surface area contributed by atoms with Crippen LogP contribution in [0, 0.1) is 5.92 Å². The summed E-state index contributed by atoms with van der Waals surface area (Å²) in [4.78, 5) is 28.7. The molecular weight excluding hydrogens is 350 g/mol. The highest BCUT2D eigenvalue weighted by Crippen LogP contribution is 2.20. The van der Waals surface area contributed by atoms with E-state index in [1.165, 1.54) is 16.3 Å². The fraction of sp³-hybridized carbons (Fsp3) is 0.478.